The Balaban J connectivity index is 1.45. The molecule has 3 aromatic heterocycles. The zero-order valence-corrected chi connectivity index (χ0v) is 20.9. The number of pyridine rings is 1. The summed E-state index contributed by atoms with van der Waals surface area (Å²) in [5.41, 5.74) is 1.97. The van der Waals surface area contributed by atoms with E-state index in [9.17, 15) is 19.0 Å². The van der Waals surface area contributed by atoms with Gasteiger partial charge in [0.2, 0.25) is 0 Å². The number of aliphatic hydroxyl groups excluding tert-OH is 1. The number of aryl methyl sites for hydroxylation is 1. The number of aliphatic hydroxyl groups is 2. The Morgan fingerprint density at radius 1 is 1.03 bits per heavy atom. The first-order chi connectivity index (χ1) is 17.6. The third-order valence-corrected chi connectivity index (χ3v) is 6.56. The van der Waals surface area contributed by atoms with Crippen molar-refractivity contribution in [3.05, 3.63) is 65.7 Å². The van der Waals surface area contributed by atoms with Gasteiger partial charge in [-0.05, 0) is 26.0 Å². The Labute approximate surface area is 213 Å². The molecule has 0 amide bonds. The van der Waals surface area contributed by atoms with Gasteiger partial charge in [-0.25, -0.2) is 18.7 Å². The molecular formula is C26H29F2N7O2. The van der Waals surface area contributed by atoms with E-state index in [0.717, 1.165) is 11.6 Å². The molecule has 0 unspecified atom stereocenters. The molecule has 0 saturated carbocycles. The van der Waals surface area contributed by atoms with E-state index in [4.69, 9.17) is 9.97 Å². The average Bonchev–Trinajstić information content (AvgIpc) is 3.30. The van der Waals surface area contributed by atoms with Crippen LogP contribution in [0, 0.1) is 11.6 Å². The predicted octanol–water partition coefficient (Wildman–Crippen LogP) is 2.83. The van der Waals surface area contributed by atoms with Gasteiger partial charge in [-0.3, -0.25) is 14.6 Å². The van der Waals surface area contributed by atoms with Crippen LogP contribution in [0.15, 0.2) is 42.9 Å². The Morgan fingerprint density at radius 2 is 1.78 bits per heavy atom. The van der Waals surface area contributed by atoms with Gasteiger partial charge in [0.15, 0.2) is 5.82 Å². The van der Waals surface area contributed by atoms with Crippen molar-refractivity contribution in [2.24, 2.45) is 7.05 Å². The van der Waals surface area contributed by atoms with Crippen LogP contribution in [0.3, 0.4) is 0 Å². The number of rotatable bonds is 6. The van der Waals surface area contributed by atoms with E-state index in [1.165, 1.54) is 26.0 Å². The molecule has 2 N–H and O–H groups in total. The molecule has 194 valence electrons. The van der Waals surface area contributed by atoms with E-state index in [2.05, 4.69) is 19.9 Å². The Hall–Kier alpha value is -3.54. The lowest BCUT2D eigenvalue weighted by Crippen LogP contribution is -2.46. The summed E-state index contributed by atoms with van der Waals surface area (Å²) in [6.45, 7) is 5.99. The molecule has 0 spiro atoms. The van der Waals surface area contributed by atoms with Crippen LogP contribution in [0.25, 0.3) is 22.3 Å². The molecule has 0 aliphatic carbocycles. The molecule has 1 aliphatic rings. The molecule has 4 aromatic rings. The number of halogens is 2. The van der Waals surface area contributed by atoms with Crippen molar-refractivity contribution in [2.45, 2.75) is 32.1 Å². The summed E-state index contributed by atoms with van der Waals surface area (Å²) < 4.78 is 29.1. The lowest BCUT2D eigenvalue weighted by molar-refractivity contribution is -0.0516. The number of nitrogens with zero attached hydrogens (tertiary/aromatic N) is 7. The maximum absolute atomic E-state index is 14.2. The topological polar surface area (TPSA) is 103 Å². The van der Waals surface area contributed by atoms with Gasteiger partial charge >= 0.3 is 0 Å². The van der Waals surface area contributed by atoms with E-state index in [1.54, 1.807) is 23.1 Å². The zero-order chi connectivity index (χ0) is 26.3. The van der Waals surface area contributed by atoms with Crippen molar-refractivity contribution in [1.29, 1.82) is 0 Å². The van der Waals surface area contributed by atoms with Crippen molar-refractivity contribution >= 4 is 16.9 Å². The minimum atomic E-state index is -1.37. The fourth-order valence-electron chi connectivity index (χ4n) is 4.44. The van der Waals surface area contributed by atoms with Crippen LogP contribution < -0.4 is 4.90 Å². The fraction of sp³-hybridized carbons (Fsp3) is 0.385. The third-order valence-electron chi connectivity index (χ3n) is 6.56. The minimum absolute atomic E-state index is 0.306. The maximum Gasteiger partial charge on any atom is 0.156 e. The number of anilines is 1. The van der Waals surface area contributed by atoms with Crippen molar-refractivity contribution < 1.29 is 19.0 Å². The molecule has 0 bridgehead atoms. The molecule has 1 saturated heterocycles. The van der Waals surface area contributed by atoms with Crippen LogP contribution >= 0.6 is 0 Å². The van der Waals surface area contributed by atoms with E-state index in [0.29, 0.717) is 66.5 Å². The van der Waals surface area contributed by atoms with Gasteiger partial charge in [0, 0.05) is 63.2 Å². The van der Waals surface area contributed by atoms with Gasteiger partial charge in [0.05, 0.1) is 29.2 Å². The predicted molar refractivity (Wildman–Crippen MR) is 135 cm³/mol. The van der Waals surface area contributed by atoms with Crippen LogP contribution in [0.5, 0.6) is 0 Å². The van der Waals surface area contributed by atoms with Crippen LogP contribution in [-0.2, 0) is 13.6 Å². The molecule has 1 aromatic carbocycles. The molecule has 5 rings (SSSR count). The summed E-state index contributed by atoms with van der Waals surface area (Å²) in [5, 5.41) is 25.0. The molecule has 37 heavy (non-hydrogen) atoms. The third kappa shape index (κ3) is 5.29. The molecule has 4 heterocycles. The first-order valence-corrected chi connectivity index (χ1v) is 12.1. The van der Waals surface area contributed by atoms with Gasteiger partial charge < -0.3 is 15.1 Å². The Bertz CT molecular complexity index is 1430. The summed E-state index contributed by atoms with van der Waals surface area (Å²) >= 11 is 0. The van der Waals surface area contributed by atoms with Crippen molar-refractivity contribution in [1.82, 2.24) is 29.6 Å². The van der Waals surface area contributed by atoms with E-state index >= 15 is 0 Å². The van der Waals surface area contributed by atoms with Crippen LogP contribution in [0.4, 0.5) is 14.6 Å². The van der Waals surface area contributed by atoms with Crippen LogP contribution in [-0.4, -0.2) is 71.6 Å². The monoisotopic (exact) mass is 509 g/mol. The standard InChI is InChI=1S/C26H29F2N7O2/c1-26(2,37)24(36)21-11-20-22(13-29-21)31-23(17-12-30-33(3)14-17)25(32-20)35-8-6-34(7-9-35)15-16-4-5-18(27)10-19(16)28/h4-5,10-14,24,36-37H,6-9,15H2,1-3H3/t24-/m0/s1. The first kappa shape index (κ1) is 25.1. The fourth-order valence-corrected chi connectivity index (χ4v) is 4.44. The van der Waals surface area contributed by atoms with Crippen molar-refractivity contribution in [3.63, 3.8) is 0 Å². The maximum atomic E-state index is 14.2. The second-order valence-electron chi connectivity index (χ2n) is 9.95. The lowest BCUT2D eigenvalue weighted by atomic mass is 9.98. The molecule has 1 aliphatic heterocycles. The summed E-state index contributed by atoms with van der Waals surface area (Å²) in [6.07, 6.45) is 3.96. The molecule has 0 radical (unpaired) electrons. The molecule has 11 heteroatoms. The smallest absolute Gasteiger partial charge is 0.156 e. The summed E-state index contributed by atoms with van der Waals surface area (Å²) in [7, 11) is 1.83. The van der Waals surface area contributed by atoms with Gasteiger partial charge in [-0.1, -0.05) is 6.07 Å². The molecule has 1 atom stereocenters. The number of hydrogen-bond acceptors (Lipinski definition) is 8. The van der Waals surface area contributed by atoms with Gasteiger partial charge in [-0.15, -0.1) is 0 Å². The Morgan fingerprint density at radius 3 is 2.43 bits per heavy atom. The van der Waals surface area contributed by atoms with E-state index in [-0.39, 0.29) is 0 Å². The normalized spacial score (nSPS) is 15.9. The lowest BCUT2D eigenvalue weighted by Gasteiger charge is -2.36. The van der Waals surface area contributed by atoms with E-state index in [1.807, 2.05) is 13.2 Å². The van der Waals surface area contributed by atoms with Crippen molar-refractivity contribution in [2.75, 3.05) is 31.1 Å². The van der Waals surface area contributed by atoms with Crippen molar-refractivity contribution in [3.8, 4) is 11.3 Å². The quantitative estimate of drug-likeness (QED) is 0.409. The van der Waals surface area contributed by atoms with Crippen LogP contribution in [0.1, 0.15) is 31.2 Å². The highest BCUT2D eigenvalue weighted by Gasteiger charge is 2.28. The highest BCUT2D eigenvalue weighted by molar-refractivity contribution is 5.83. The van der Waals surface area contributed by atoms with Crippen LogP contribution in [0.2, 0.25) is 0 Å². The number of fused-ring (bicyclic) bond motifs is 1. The molecule has 9 nitrogen and oxygen atoms in total. The largest absolute Gasteiger partial charge is 0.387 e. The summed E-state index contributed by atoms with van der Waals surface area (Å²) in [5.74, 6) is -0.459. The molecular weight excluding hydrogens is 480 g/mol. The average molecular weight is 510 g/mol. The highest BCUT2D eigenvalue weighted by Crippen LogP contribution is 2.32. The first-order valence-electron chi connectivity index (χ1n) is 12.1. The van der Waals surface area contributed by atoms with Gasteiger partial charge in [0.25, 0.3) is 0 Å². The Kier molecular flexibility index (Phi) is 6.61. The zero-order valence-electron chi connectivity index (χ0n) is 20.9. The van der Waals surface area contributed by atoms with E-state index < -0.39 is 23.3 Å². The SMILES string of the molecule is Cn1cc(-c2nc3cnc([C@H](O)C(C)(C)O)cc3nc2N2CCN(Cc3ccc(F)cc3F)CC2)cn1. The number of hydrogen-bond donors (Lipinski definition) is 2. The second kappa shape index (κ2) is 9.73. The number of benzene rings is 1. The minimum Gasteiger partial charge on any atom is -0.387 e. The number of aromatic nitrogens is 5. The van der Waals surface area contributed by atoms with Gasteiger partial charge in [-0.2, -0.15) is 5.10 Å². The summed E-state index contributed by atoms with van der Waals surface area (Å²) in [4.78, 5) is 18.3. The second-order valence-corrected chi connectivity index (χ2v) is 9.95. The molecule has 1 fully saturated rings. The van der Waals surface area contributed by atoms with Gasteiger partial charge in [0.1, 0.15) is 28.9 Å². The number of piperazine rings is 1. The summed E-state index contributed by atoms with van der Waals surface area (Å²) in [6, 6.07) is 5.32. The highest BCUT2D eigenvalue weighted by atomic mass is 19.1.